The van der Waals surface area contributed by atoms with Gasteiger partial charge in [0, 0.05) is 38.1 Å². The minimum absolute atomic E-state index is 0.106. The van der Waals surface area contributed by atoms with E-state index in [-0.39, 0.29) is 11.7 Å². The lowest BCUT2D eigenvalue weighted by molar-refractivity contribution is 0.0944. The normalized spacial score (nSPS) is 15.5. The molecule has 0 unspecified atom stereocenters. The molecule has 2 aromatic rings. The number of para-hydroxylation sites is 1. The molecular weight excluding hydrogens is 351 g/mol. The Bertz CT molecular complexity index is 741. The Morgan fingerprint density at radius 2 is 2.00 bits per heavy atom. The van der Waals surface area contributed by atoms with Crippen molar-refractivity contribution in [1.29, 1.82) is 0 Å². The number of nitrogens with zero attached hydrogens (tertiary/aromatic N) is 3. The van der Waals surface area contributed by atoms with Crippen LogP contribution >= 0.6 is 11.3 Å². The molecule has 0 saturated carbocycles. The van der Waals surface area contributed by atoms with Crippen molar-refractivity contribution in [3.05, 3.63) is 46.2 Å². The van der Waals surface area contributed by atoms with Crippen LogP contribution in [0.1, 0.15) is 29.3 Å². The Morgan fingerprint density at radius 3 is 2.69 bits per heavy atom. The van der Waals surface area contributed by atoms with E-state index in [1.807, 2.05) is 17.5 Å². The van der Waals surface area contributed by atoms with E-state index >= 15 is 0 Å². The van der Waals surface area contributed by atoms with Crippen LogP contribution in [0.15, 0.2) is 29.6 Å². The number of amides is 1. The summed E-state index contributed by atoms with van der Waals surface area (Å²) in [6, 6.07) is 6.91. The summed E-state index contributed by atoms with van der Waals surface area (Å²) in [4.78, 5) is 20.9. The zero-order chi connectivity index (χ0) is 18.5. The summed E-state index contributed by atoms with van der Waals surface area (Å²) >= 11 is 1.52. The number of piperazine rings is 1. The zero-order valence-corrected chi connectivity index (χ0v) is 16.1. The van der Waals surface area contributed by atoms with E-state index in [2.05, 4.69) is 33.9 Å². The summed E-state index contributed by atoms with van der Waals surface area (Å²) in [6.07, 6.45) is 0. The number of carbonyl (C=O) groups is 1. The summed E-state index contributed by atoms with van der Waals surface area (Å²) < 4.78 is 13.9. The predicted molar refractivity (Wildman–Crippen MR) is 103 cm³/mol. The van der Waals surface area contributed by atoms with E-state index in [1.165, 1.54) is 17.4 Å². The Hall–Kier alpha value is -1.99. The third-order valence-electron chi connectivity index (χ3n) is 4.38. The molecule has 3 rings (SSSR count). The van der Waals surface area contributed by atoms with Crippen LogP contribution in [0.4, 0.5) is 10.1 Å². The average molecular weight is 377 g/mol. The number of hydrogen-bond acceptors (Lipinski definition) is 5. The highest BCUT2D eigenvalue weighted by atomic mass is 32.1. The minimum Gasteiger partial charge on any atom is -0.367 e. The second kappa shape index (κ2) is 8.60. The van der Waals surface area contributed by atoms with Crippen LogP contribution in [0, 0.1) is 11.7 Å². The minimum atomic E-state index is -0.169. The fourth-order valence-corrected chi connectivity index (χ4v) is 3.74. The molecule has 5 nitrogen and oxygen atoms in total. The summed E-state index contributed by atoms with van der Waals surface area (Å²) in [5, 5.41) is 5.66. The van der Waals surface area contributed by atoms with Crippen LogP contribution in [0.25, 0.3) is 0 Å². The molecule has 1 aromatic carbocycles. The second-order valence-corrected chi connectivity index (χ2v) is 7.89. The zero-order valence-electron chi connectivity index (χ0n) is 15.2. The number of rotatable bonds is 6. The van der Waals surface area contributed by atoms with Crippen LogP contribution in [-0.4, -0.2) is 48.5 Å². The quantitative estimate of drug-likeness (QED) is 0.842. The van der Waals surface area contributed by atoms with Gasteiger partial charge in [0.25, 0.3) is 5.91 Å². The summed E-state index contributed by atoms with van der Waals surface area (Å²) in [5.74, 6) is 0.145. The highest BCUT2D eigenvalue weighted by Gasteiger charge is 2.20. The molecule has 1 fully saturated rings. The number of anilines is 1. The lowest BCUT2D eigenvalue weighted by atomic mass is 10.2. The Balaban J connectivity index is 1.51. The standard InChI is InChI=1S/C19H25FN4OS/c1-14(2)11-21-19(25)16-13-26-18(22-16)12-23-7-9-24(10-8-23)17-6-4-3-5-15(17)20/h3-6,13-14H,7-12H2,1-2H3,(H,21,25). The molecule has 0 spiro atoms. The molecule has 1 aliphatic heterocycles. The molecule has 0 aliphatic carbocycles. The molecule has 140 valence electrons. The molecule has 1 aliphatic rings. The van der Waals surface area contributed by atoms with Crippen molar-refractivity contribution in [3.63, 3.8) is 0 Å². The van der Waals surface area contributed by atoms with Gasteiger partial charge in [-0.3, -0.25) is 9.69 Å². The van der Waals surface area contributed by atoms with Crippen molar-refractivity contribution in [3.8, 4) is 0 Å². The third-order valence-corrected chi connectivity index (χ3v) is 5.21. The number of carbonyl (C=O) groups excluding carboxylic acids is 1. The second-order valence-electron chi connectivity index (χ2n) is 6.94. The summed E-state index contributed by atoms with van der Waals surface area (Å²) in [5.41, 5.74) is 1.17. The average Bonchev–Trinajstić information content (AvgIpc) is 3.09. The molecule has 7 heteroatoms. The van der Waals surface area contributed by atoms with E-state index in [0.29, 0.717) is 23.8 Å². The first kappa shape index (κ1) is 18.8. The number of hydrogen-bond donors (Lipinski definition) is 1. The topological polar surface area (TPSA) is 48.5 Å². The van der Waals surface area contributed by atoms with Gasteiger partial charge in [-0.05, 0) is 18.1 Å². The lowest BCUT2D eigenvalue weighted by Crippen LogP contribution is -2.46. The first-order valence-corrected chi connectivity index (χ1v) is 9.85. The SMILES string of the molecule is CC(C)CNC(=O)c1csc(CN2CCN(c3ccccc3F)CC2)n1. The smallest absolute Gasteiger partial charge is 0.270 e. The van der Waals surface area contributed by atoms with E-state index in [4.69, 9.17) is 0 Å². The first-order valence-electron chi connectivity index (χ1n) is 8.97. The molecular formula is C19H25FN4OS. The monoisotopic (exact) mass is 376 g/mol. The van der Waals surface area contributed by atoms with Crippen LogP contribution in [-0.2, 0) is 6.54 Å². The van der Waals surface area contributed by atoms with Gasteiger partial charge < -0.3 is 10.2 Å². The highest BCUT2D eigenvalue weighted by molar-refractivity contribution is 7.09. The Labute approximate surface area is 157 Å². The summed E-state index contributed by atoms with van der Waals surface area (Å²) in [7, 11) is 0. The van der Waals surface area contributed by atoms with E-state index in [9.17, 15) is 9.18 Å². The van der Waals surface area contributed by atoms with Crippen molar-refractivity contribution in [1.82, 2.24) is 15.2 Å². The molecule has 1 amide bonds. The predicted octanol–water partition coefficient (Wildman–Crippen LogP) is 2.99. The van der Waals surface area contributed by atoms with Crippen LogP contribution in [0.5, 0.6) is 0 Å². The maximum absolute atomic E-state index is 13.9. The maximum atomic E-state index is 13.9. The third kappa shape index (κ3) is 4.80. The van der Waals surface area contributed by atoms with Gasteiger partial charge >= 0.3 is 0 Å². The molecule has 1 aromatic heterocycles. The molecule has 26 heavy (non-hydrogen) atoms. The van der Waals surface area contributed by atoms with E-state index in [1.54, 1.807) is 6.07 Å². The van der Waals surface area contributed by atoms with Gasteiger partial charge in [0.2, 0.25) is 0 Å². The van der Waals surface area contributed by atoms with Crippen molar-refractivity contribution in [2.45, 2.75) is 20.4 Å². The fraction of sp³-hybridized carbons (Fsp3) is 0.474. The number of aromatic nitrogens is 1. The van der Waals surface area contributed by atoms with Gasteiger partial charge in [-0.1, -0.05) is 26.0 Å². The number of thiazole rings is 1. The van der Waals surface area contributed by atoms with Gasteiger partial charge in [-0.15, -0.1) is 11.3 Å². The van der Waals surface area contributed by atoms with Gasteiger partial charge in [-0.25, -0.2) is 9.37 Å². The first-order chi connectivity index (χ1) is 12.5. The van der Waals surface area contributed by atoms with Gasteiger partial charge in [0.05, 0.1) is 12.2 Å². The Morgan fingerprint density at radius 1 is 1.27 bits per heavy atom. The fourth-order valence-electron chi connectivity index (χ4n) is 2.92. The highest BCUT2D eigenvalue weighted by Crippen LogP contribution is 2.21. The molecule has 0 bridgehead atoms. The lowest BCUT2D eigenvalue weighted by Gasteiger charge is -2.35. The van der Waals surface area contributed by atoms with Gasteiger partial charge in [0.1, 0.15) is 16.5 Å². The van der Waals surface area contributed by atoms with Gasteiger partial charge in [0.15, 0.2) is 0 Å². The van der Waals surface area contributed by atoms with Crippen molar-refractivity contribution in [2.24, 2.45) is 5.92 Å². The molecule has 2 heterocycles. The molecule has 1 N–H and O–H groups in total. The summed E-state index contributed by atoms with van der Waals surface area (Å²) in [6.45, 7) is 8.78. The van der Waals surface area contributed by atoms with E-state index in [0.717, 1.165) is 37.7 Å². The Kier molecular flexibility index (Phi) is 6.21. The van der Waals surface area contributed by atoms with Crippen molar-refractivity contribution >= 4 is 22.9 Å². The molecule has 1 saturated heterocycles. The number of benzene rings is 1. The largest absolute Gasteiger partial charge is 0.367 e. The van der Waals surface area contributed by atoms with Gasteiger partial charge in [-0.2, -0.15) is 0 Å². The van der Waals surface area contributed by atoms with Crippen LogP contribution in [0.3, 0.4) is 0 Å². The van der Waals surface area contributed by atoms with Crippen molar-refractivity contribution in [2.75, 3.05) is 37.6 Å². The molecule has 0 atom stereocenters. The number of halogens is 1. The number of nitrogens with one attached hydrogen (secondary N) is 1. The van der Waals surface area contributed by atoms with E-state index < -0.39 is 0 Å². The maximum Gasteiger partial charge on any atom is 0.270 e. The molecule has 0 radical (unpaired) electrons. The van der Waals surface area contributed by atoms with Crippen LogP contribution in [0.2, 0.25) is 0 Å². The van der Waals surface area contributed by atoms with Crippen molar-refractivity contribution < 1.29 is 9.18 Å². The van der Waals surface area contributed by atoms with Crippen LogP contribution < -0.4 is 10.2 Å².